The SMILES string of the molecule is O[C@@H]1C[C@H]2[C@H]3CC[C@@H](C3)[C@H]2C1(O)O. The molecule has 0 heterocycles. The van der Waals surface area contributed by atoms with Gasteiger partial charge in [-0.2, -0.15) is 0 Å². The third-order valence-corrected chi connectivity index (χ3v) is 4.56. The zero-order valence-electron chi connectivity index (χ0n) is 7.56. The first-order valence-corrected chi connectivity index (χ1v) is 5.23. The van der Waals surface area contributed by atoms with Gasteiger partial charge in [0, 0.05) is 5.92 Å². The molecule has 74 valence electrons. The second kappa shape index (κ2) is 2.27. The molecule has 2 bridgehead atoms. The maximum absolute atomic E-state index is 9.76. The Kier molecular flexibility index (Phi) is 1.43. The molecule has 0 aromatic heterocycles. The van der Waals surface area contributed by atoms with Crippen molar-refractivity contribution in [3.63, 3.8) is 0 Å². The molecule has 3 N–H and O–H groups in total. The van der Waals surface area contributed by atoms with E-state index in [0.717, 1.165) is 12.8 Å². The summed E-state index contributed by atoms with van der Waals surface area (Å²) in [7, 11) is 0. The fourth-order valence-corrected chi connectivity index (χ4v) is 4.06. The van der Waals surface area contributed by atoms with E-state index in [1.165, 1.54) is 6.42 Å². The molecule has 13 heavy (non-hydrogen) atoms. The summed E-state index contributed by atoms with van der Waals surface area (Å²) < 4.78 is 0. The molecule has 3 aliphatic rings. The van der Waals surface area contributed by atoms with Crippen molar-refractivity contribution in [2.24, 2.45) is 23.7 Å². The average Bonchev–Trinajstić information content (AvgIpc) is 2.66. The fourth-order valence-electron chi connectivity index (χ4n) is 4.06. The summed E-state index contributed by atoms with van der Waals surface area (Å²) >= 11 is 0. The smallest absolute Gasteiger partial charge is 0.192 e. The number of fused-ring (bicyclic) bond motifs is 5. The topological polar surface area (TPSA) is 60.7 Å². The monoisotopic (exact) mass is 184 g/mol. The highest BCUT2D eigenvalue weighted by Gasteiger charge is 2.63. The summed E-state index contributed by atoms with van der Waals surface area (Å²) in [5, 5.41) is 29.0. The first-order chi connectivity index (χ1) is 6.10. The van der Waals surface area contributed by atoms with Crippen LogP contribution in [0.2, 0.25) is 0 Å². The van der Waals surface area contributed by atoms with E-state index in [1.54, 1.807) is 0 Å². The van der Waals surface area contributed by atoms with E-state index in [2.05, 4.69) is 0 Å². The normalized spacial score (nSPS) is 57.0. The molecule has 3 fully saturated rings. The summed E-state index contributed by atoms with van der Waals surface area (Å²) in [5.74, 6) is -0.331. The summed E-state index contributed by atoms with van der Waals surface area (Å²) in [6.45, 7) is 0. The zero-order chi connectivity index (χ0) is 9.22. The van der Waals surface area contributed by atoms with Crippen molar-refractivity contribution < 1.29 is 15.3 Å². The molecule has 5 atom stereocenters. The van der Waals surface area contributed by atoms with Gasteiger partial charge >= 0.3 is 0 Å². The van der Waals surface area contributed by atoms with Gasteiger partial charge in [-0.15, -0.1) is 0 Å². The molecular weight excluding hydrogens is 168 g/mol. The second-order valence-corrected chi connectivity index (χ2v) is 5.06. The molecule has 0 aliphatic heterocycles. The van der Waals surface area contributed by atoms with Crippen LogP contribution in [0.25, 0.3) is 0 Å². The van der Waals surface area contributed by atoms with Gasteiger partial charge in [-0.25, -0.2) is 0 Å². The number of aliphatic hydroxyl groups excluding tert-OH is 1. The Labute approximate surface area is 77.4 Å². The summed E-state index contributed by atoms with van der Waals surface area (Å²) in [5.41, 5.74) is 0. The molecule has 0 aromatic rings. The third-order valence-electron chi connectivity index (χ3n) is 4.56. The van der Waals surface area contributed by atoms with Crippen LogP contribution >= 0.6 is 0 Å². The van der Waals surface area contributed by atoms with Gasteiger partial charge in [-0.3, -0.25) is 0 Å². The molecule has 0 amide bonds. The van der Waals surface area contributed by atoms with Crippen molar-refractivity contribution in [2.45, 2.75) is 37.6 Å². The minimum atomic E-state index is -1.79. The molecule has 0 spiro atoms. The van der Waals surface area contributed by atoms with Crippen LogP contribution in [0.15, 0.2) is 0 Å². The van der Waals surface area contributed by atoms with Gasteiger partial charge in [0.2, 0.25) is 0 Å². The minimum absolute atomic E-state index is 0.0405. The molecule has 0 aromatic carbocycles. The van der Waals surface area contributed by atoms with Crippen molar-refractivity contribution in [1.82, 2.24) is 0 Å². The van der Waals surface area contributed by atoms with Crippen LogP contribution < -0.4 is 0 Å². The van der Waals surface area contributed by atoms with Crippen molar-refractivity contribution in [3.05, 3.63) is 0 Å². The van der Waals surface area contributed by atoms with Crippen LogP contribution in [0.3, 0.4) is 0 Å². The molecule has 3 aliphatic carbocycles. The minimum Gasteiger partial charge on any atom is -0.388 e. The predicted octanol–water partition coefficient (Wildman–Crippen LogP) is 0.0942. The van der Waals surface area contributed by atoms with Gasteiger partial charge in [0.05, 0.1) is 0 Å². The Balaban J connectivity index is 1.96. The predicted molar refractivity (Wildman–Crippen MR) is 45.6 cm³/mol. The lowest BCUT2D eigenvalue weighted by Gasteiger charge is -2.32. The van der Waals surface area contributed by atoms with E-state index in [9.17, 15) is 15.3 Å². The van der Waals surface area contributed by atoms with E-state index in [-0.39, 0.29) is 5.92 Å². The molecule has 3 rings (SSSR count). The van der Waals surface area contributed by atoms with Crippen molar-refractivity contribution >= 4 is 0 Å². The number of hydrogen-bond donors (Lipinski definition) is 3. The second-order valence-electron chi connectivity index (χ2n) is 5.06. The van der Waals surface area contributed by atoms with E-state index >= 15 is 0 Å². The Hall–Kier alpha value is -0.120. The molecule has 0 saturated heterocycles. The van der Waals surface area contributed by atoms with Crippen LogP contribution in [-0.4, -0.2) is 27.2 Å². The van der Waals surface area contributed by atoms with E-state index in [1.807, 2.05) is 0 Å². The van der Waals surface area contributed by atoms with Gasteiger partial charge < -0.3 is 15.3 Å². The van der Waals surface area contributed by atoms with Gasteiger partial charge in [0.1, 0.15) is 6.10 Å². The fraction of sp³-hybridized carbons (Fsp3) is 1.00. The lowest BCUT2D eigenvalue weighted by Crippen LogP contribution is -2.45. The summed E-state index contributed by atoms with van der Waals surface area (Å²) in [4.78, 5) is 0. The molecule has 3 nitrogen and oxygen atoms in total. The van der Waals surface area contributed by atoms with Crippen LogP contribution in [0, 0.1) is 23.7 Å². The maximum atomic E-state index is 9.76. The van der Waals surface area contributed by atoms with E-state index in [4.69, 9.17) is 0 Å². The number of rotatable bonds is 0. The van der Waals surface area contributed by atoms with Crippen LogP contribution in [0.1, 0.15) is 25.7 Å². The molecule has 3 saturated carbocycles. The zero-order valence-corrected chi connectivity index (χ0v) is 7.56. The summed E-state index contributed by atoms with van der Waals surface area (Å²) in [6, 6.07) is 0. The number of hydrogen-bond acceptors (Lipinski definition) is 3. The van der Waals surface area contributed by atoms with E-state index < -0.39 is 11.9 Å². The molecular formula is C10H16O3. The van der Waals surface area contributed by atoms with E-state index in [0.29, 0.717) is 24.2 Å². The highest BCUT2D eigenvalue weighted by molar-refractivity contribution is 5.08. The van der Waals surface area contributed by atoms with Gasteiger partial charge in [0.25, 0.3) is 0 Å². The molecule has 0 radical (unpaired) electrons. The lowest BCUT2D eigenvalue weighted by atomic mass is 9.80. The highest BCUT2D eigenvalue weighted by Crippen LogP contribution is 2.61. The Bertz CT molecular complexity index is 238. The highest BCUT2D eigenvalue weighted by atomic mass is 16.5. The first-order valence-electron chi connectivity index (χ1n) is 5.23. The maximum Gasteiger partial charge on any atom is 0.192 e. The van der Waals surface area contributed by atoms with Gasteiger partial charge in [-0.05, 0) is 43.4 Å². The number of aliphatic hydroxyl groups is 3. The Morgan fingerprint density at radius 2 is 1.69 bits per heavy atom. The Morgan fingerprint density at radius 3 is 2.38 bits per heavy atom. The van der Waals surface area contributed by atoms with Gasteiger partial charge in [0.15, 0.2) is 5.79 Å². The van der Waals surface area contributed by atoms with Crippen molar-refractivity contribution in [1.29, 1.82) is 0 Å². The standard InChI is InChI=1S/C10H16O3/c11-8-4-7-5-1-2-6(3-5)9(7)10(8,12)13/h5-9,11-13H,1-4H2/t5-,6-,7-,8+,9+/m0/s1. The molecule has 0 unspecified atom stereocenters. The van der Waals surface area contributed by atoms with Gasteiger partial charge in [-0.1, -0.05) is 0 Å². The third kappa shape index (κ3) is 0.853. The van der Waals surface area contributed by atoms with Crippen molar-refractivity contribution in [3.8, 4) is 0 Å². The van der Waals surface area contributed by atoms with Crippen LogP contribution in [0.5, 0.6) is 0 Å². The summed E-state index contributed by atoms with van der Waals surface area (Å²) in [6.07, 6.45) is 3.20. The van der Waals surface area contributed by atoms with Crippen LogP contribution in [0.4, 0.5) is 0 Å². The molecule has 3 heteroatoms. The largest absolute Gasteiger partial charge is 0.388 e. The quantitative estimate of drug-likeness (QED) is 0.468. The van der Waals surface area contributed by atoms with Crippen molar-refractivity contribution in [2.75, 3.05) is 0 Å². The van der Waals surface area contributed by atoms with Crippen LogP contribution in [-0.2, 0) is 0 Å². The Morgan fingerprint density at radius 1 is 1.00 bits per heavy atom. The first kappa shape index (κ1) is 8.21. The average molecular weight is 184 g/mol. The lowest BCUT2D eigenvalue weighted by molar-refractivity contribution is -0.243.